The van der Waals surface area contributed by atoms with Crippen LogP contribution in [0.25, 0.3) is 0 Å². The molecule has 1 rings (SSSR count). The van der Waals surface area contributed by atoms with E-state index >= 15 is 0 Å². The van der Waals surface area contributed by atoms with E-state index in [4.69, 9.17) is 0 Å². The van der Waals surface area contributed by atoms with Crippen molar-refractivity contribution < 1.29 is 0 Å². The van der Waals surface area contributed by atoms with E-state index in [1.807, 2.05) is 0 Å². The summed E-state index contributed by atoms with van der Waals surface area (Å²) in [6.07, 6.45) is 3.94. The van der Waals surface area contributed by atoms with Gasteiger partial charge >= 0.3 is 0 Å². The van der Waals surface area contributed by atoms with Crippen LogP contribution in [0.3, 0.4) is 0 Å². The predicted octanol–water partition coefficient (Wildman–Crippen LogP) is 4.93. The molecular weight excluding hydrogens is 274 g/mol. The number of nitrogens with one attached hydrogen (secondary N) is 1. The summed E-state index contributed by atoms with van der Waals surface area (Å²) in [6, 6.07) is 8.96. The number of unbranched alkanes of at least 4 members (excludes halogenated alkanes) is 1. The lowest BCUT2D eigenvalue weighted by Gasteiger charge is -2.14. The summed E-state index contributed by atoms with van der Waals surface area (Å²) in [5.74, 6) is 0.831. The minimum atomic E-state index is 0.437. The maximum absolute atomic E-state index is 3.58. The van der Waals surface area contributed by atoms with Crippen molar-refractivity contribution in [3.63, 3.8) is 0 Å². The van der Waals surface area contributed by atoms with Crippen LogP contribution < -0.4 is 5.32 Å². The van der Waals surface area contributed by atoms with Crippen LogP contribution in [0.1, 0.15) is 51.6 Å². The molecule has 1 aromatic rings. The third-order valence-corrected chi connectivity index (χ3v) is 3.50. The topological polar surface area (TPSA) is 12.0 Å². The maximum atomic E-state index is 3.58. The van der Waals surface area contributed by atoms with Gasteiger partial charge in [0.1, 0.15) is 0 Å². The van der Waals surface area contributed by atoms with Crippen LogP contribution >= 0.6 is 15.9 Å². The normalized spacial score (nSPS) is 13.0. The summed E-state index contributed by atoms with van der Waals surface area (Å²) in [4.78, 5) is 0. The fourth-order valence-corrected chi connectivity index (χ4v) is 2.31. The average Bonchev–Trinajstić information content (AvgIpc) is 2.28. The molecule has 1 nitrogen and oxygen atoms in total. The van der Waals surface area contributed by atoms with E-state index in [-0.39, 0.29) is 0 Å². The Morgan fingerprint density at radius 2 is 1.94 bits per heavy atom. The molecule has 2 heteroatoms. The molecule has 0 fully saturated rings. The van der Waals surface area contributed by atoms with E-state index in [1.54, 1.807) is 0 Å². The molecule has 0 aliphatic carbocycles. The number of rotatable bonds is 7. The van der Waals surface area contributed by atoms with E-state index in [0.29, 0.717) is 6.04 Å². The fraction of sp³-hybridized carbons (Fsp3) is 0.600. The van der Waals surface area contributed by atoms with Crippen LogP contribution in [0.5, 0.6) is 0 Å². The third-order valence-electron chi connectivity index (χ3n) is 3.01. The predicted molar refractivity (Wildman–Crippen MR) is 79.2 cm³/mol. The fourth-order valence-electron chi connectivity index (χ4n) is 1.89. The van der Waals surface area contributed by atoms with Crippen LogP contribution in [0.2, 0.25) is 0 Å². The van der Waals surface area contributed by atoms with Gasteiger partial charge in [-0.15, -0.1) is 0 Å². The van der Waals surface area contributed by atoms with E-state index in [2.05, 4.69) is 66.3 Å². The molecule has 1 unspecified atom stereocenters. The van der Waals surface area contributed by atoms with Gasteiger partial charge in [0.25, 0.3) is 0 Å². The molecule has 1 atom stereocenters. The van der Waals surface area contributed by atoms with Gasteiger partial charge in [0.05, 0.1) is 0 Å². The van der Waals surface area contributed by atoms with E-state index in [1.165, 1.54) is 24.8 Å². The van der Waals surface area contributed by atoms with Gasteiger partial charge in [0.15, 0.2) is 0 Å². The Bertz CT molecular complexity index is 322. The quantitative estimate of drug-likeness (QED) is 0.704. The molecular formula is C15H24BrN. The molecule has 17 heavy (non-hydrogen) atoms. The molecule has 0 heterocycles. The molecule has 0 spiro atoms. The number of benzene rings is 1. The van der Waals surface area contributed by atoms with Gasteiger partial charge in [-0.3, -0.25) is 0 Å². The molecule has 1 N–H and O–H groups in total. The van der Waals surface area contributed by atoms with Crippen LogP contribution in [0.4, 0.5) is 0 Å². The highest BCUT2D eigenvalue weighted by Gasteiger charge is 2.04. The van der Waals surface area contributed by atoms with E-state index < -0.39 is 0 Å². The van der Waals surface area contributed by atoms with Crippen molar-refractivity contribution in [3.05, 3.63) is 34.3 Å². The summed E-state index contributed by atoms with van der Waals surface area (Å²) in [7, 11) is 0. The van der Waals surface area contributed by atoms with Crippen molar-refractivity contribution in [1.29, 1.82) is 0 Å². The van der Waals surface area contributed by atoms with Crippen LogP contribution in [0.15, 0.2) is 28.7 Å². The summed E-state index contributed by atoms with van der Waals surface area (Å²) >= 11 is 3.51. The van der Waals surface area contributed by atoms with Gasteiger partial charge in [-0.05, 0) is 43.5 Å². The summed E-state index contributed by atoms with van der Waals surface area (Å²) < 4.78 is 1.16. The van der Waals surface area contributed by atoms with Crippen molar-refractivity contribution in [1.82, 2.24) is 5.32 Å². The van der Waals surface area contributed by atoms with Gasteiger partial charge in [-0.1, -0.05) is 54.8 Å². The second kappa shape index (κ2) is 7.88. The molecule has 0 saturated carbocycles. The molecule has 1 aromatic carbocycles. The first kappa shape index (κ1) is 14.7. The van der Waals surface area contributed by atoms with Crippen molar-refractivity contribution >= 4 is 15.9 Å². The van der Waals surface area contributed by atoms with Crippen molar-refractivity contribution in [3.8, 4) is 0 Å². The van der Waals surface area contributed by atoms with E-state index in [9.17, 15) is 0 Å². The third kappa shape index (κ3) is 6.23. The Balaban J connectivity index is 2.23. The standard InChI is InChI=1S/C15H24BrN/c1-12(2)7-4-5-10-17-13(3)14-8-6-9-15(16)11-14/h6,8-9,11-13,17H,4-5,7,10H2,1-3H3. The summed E-state index contributed by atoms with van der Waals surface area (Å²) in [5.41, 5.74) is 1.35. The Labute approximate surface area is 114 Å². The smallest absolute Gasteiger partial charge is 0.0292 e. The molecule has 0 saturated heterocycles. The van der Waals surface area contributed by atoms with Gasteiger partial charge in [0, 0.05) is 10.5 Å². The SMILES string of the molecule is CC(C)CCCCNC(C)c1cccc(Br)c1. The van der Waals surface area contributed by atoms with Crippen molar-refractivity contribution in [2.75, 3.05) is 6.54 Å². The van der Waals surface area contributed by atoms with Gasteiger partial charge in [-0.25, -0.2) is 0 Å². The van der Waals surface area contributed by atoms with Gasteiger partial charge < -0.3 is 5.32 Å². The maximum Gasteiger partial charge on any atom is 0.0292 e. The zero-order valence-corrected chi connectivity index (χ0v) is 12.8. The second-order valence-electron chi connectivity index (χ2n) is 5.12. The Morgan fingerprint density at radius 3 is 2.59 bits per heavy atom. The molecule has 0 aliphatic rings. The van der Waals surface area contributed by atoms with Crippen molar-refractivity contribution in [2.24, 2.45) is 5.92 Å². The first-order valence-corrected chi connectivity index (χ1v) is 7.37. The average molecular weight is 298 g/mol. The zero-order chi connectivity index (χ0) is 12.7. The molecule has 0 aliphatic heterocycles. The Kier molecular flexibility index (Phi) is 6.83. The second-order valence-corrected chi connectivity index (χ2v) is 6.04. The molecule has 0 aromatic heterocycles. The zero-order valence-electron chi connectivity index (χ0n) is 11.2. The largest absolute Gasteiger partial charge is 0.310 e. The summed E-state index contributed by atoms with van der Waals surface area (Å²) in [5, 5.41) is 3.58. The number of halogens is 1. The highest BCUT2D eigenvalue weighted by Crippen LogP contribution is 2.17. The highest BCUT2D eigenvalue weighted by molar-refractivity contribution is 9.10. The molecule has 0 amide bonds. The monoisotopic (exact) mass is 297 g/mol. The first-order chi connectivity index (χ1) is 8.09. The Morgan fingerprint density at radius 1 is 1.18 bits per heavy atom. The minimum absolute atomic E-state index is 0.437. The van der Waals surface area contributed by atoms with Gasteiger partial charge in [0.2, 0.25) is 0 Å². The van der Waals surface area contributed by atoms with Gasteiger partial charge in [-0.2, -0.15) is 0 Å². The Hall–Kier alpha value is -0.340. The number of hydrogen-bond donors (Lipinski definition) is 1. The molecule has 0 bridgehead atoms. The van der Waals surface area contributed by atoms with Crippen LogP contribution in [0, 0.1) is 5.92 Å². The van der Waals surface area contributed by atoms with Crippen LogP contribution in [-0.4, -0.2) is 6.54 Å². The lowest BCUT2D eigenvalue weighted by molar-refractivity contribution is 0.498. The lowest BCUT2D eigenvalue weighted by Crippen LogP contribution is -2.19. The molecule has 96 valence electrons. The first-order valence-electron chi connectivity index (χ1n) is 6.58. The van der Waals surface area contributed by atoms with Crippen LogP contribution in [-0.2, 0) is 0 Å². The van der Waals surface area contributed by atoms with E-state index in [0.717, 1.165) is 16.9 Å². The highest BCUT2D eigenvalue weighted by atomic mass is 79.9. The summed E-state index contributed by atoms with van der Waals surface area (Å²) in [6.45, 7) is 7.92. The minimum Gasteiger partial charge on any atom is -0.310 e. The van der Waals surface area contributed by atoms with Crippen molar-refractivity contribution in [2.45, 2.75) is 46.1 Å². The lowest BCUT2D eigenvalue weighted by atomic mass is 10.1. The number of hydrogen-bond acceptors (Lipinski definition) is 1. The molecule has 0 radical (unpaired) electrons.